The van der Waals surface area contributed by atoms with Gasteiger partial charge in [-0.15, -0.1) is 16.4 Å². The molecule has 0 spiro atoms. The molecule has 1 aliphatic heterocycles. The first-order valence-corrected chi connectivity index (χ1v) is 13.0. The first-order chi connectivity index (χ1) is 18.0. The SMILES string of the molecule is COC(=O)c1sc2c(c1F)c1ncc(-c3c(C)nnn3C)cc1n2[C@H](c1ccccc1)C1CCOCC1. The molecule has 1 saturated heterocycles. The van der Waals surface area contributed by atoms with Gasteiger partial charge in [0.1, 0.15) is 4.83 Å². The van der Waals surface area contributed by atoms with Crippen LogP contribution in [-0.2, 0) is 16.5 Å². The third-order valence-corrected chi connectivity index (χ3v) is 8.33. The molecule has 0 unspecified atom stereocenters. The number of methoxy groups -OCH3 is 1. The van der Waals surface area contributed by atoms with Gasteiger partial charge in [0.25, 0.3) is 0 Å². The number of carbonyl (C=O) groups is 1. The van der Waals surface area contributed by atoms with Crippen molar-refractivity contribution in [2.45, 2.75) is 25.8 Å². The van der Waals surface area contributed by atoms with E-state index in [1.807, 2.05) is 38.2 Å². The molecule has 1 fully saturated rings. The molecule has 1 aromatic carbocycles. The Morgan fingerprint density at radius 3 is 2.68 bits per heavy atom. The number of carbonyl (C=O) groups excluding carboxylic acids is 1. The van der Waals surface area contributed by atoms with Crippen molar-refractivity contribution in [3.63, 3.8) is 0 Å². The fourth-order valence-corrected chi connectivity index (χ4v) is 6.66. The van der Waals surface area contributed by atoms with Gasteiger partial charge < -0.3 is 14.0 Å². The Bertz CT molecular complexity index is 1600. The number of fused-ring (bicyclic) bond motifs is 3. The summed E-state index contributed by atoms with van der Waals surface area (Å²) in [7, 11) is 3.11. The van der Waals surface area contributed by atoms with E-state index in [1.54, 1.807) is 10.9 Å². The second-order valence-corrected chi connectivity index (χ2v) is 10.3. The maximum atomic E-state index is 15.8. The molecular formula is C27H26FN5O3S. The molecule has 0 bridgehead atoms. The van der Waals surface area contributed by atoms with Crippen molar-refractivity contribution in [2.75, 3.05) is 20.3 Å². The van der Waals surface area contributed by atoms with Crippen LogP contribution in [0.25, 0.3) is 32.5 Å². The number of halogens is 1. The summed E-state index contributed by atoms with van der Waals surface area (Å²) in [6.07, 6.45) is 3.46. The highest BCUT2D eigenvalue weighted by Gasteiger charge is 2.33. The number of benzene rings is 1. The van der Waals surface area contributed by atoms with Crippen molar-refractivity contribution < 1.29 is 18.7 Å². The van der Waals surface area contributed by atoms with E-state index in [0.717, 1.165) is 52.2 Å². The maximum absolute atomic E-state index is 15.8. The van der Waals surface area contributed by atoms with Crippen molar-refractivity contribution in [1.29, 1.82) is 0 Å². The van der Waals surface area contributed by atoms with Gasteiger partial charge in [-0.2, -0.15) is 0 Å². The van der Waals surface area contributed by atoms with E-state index in [4.69, 9.17) is 14.5 Å². The lowest BCUT2D eigenvalue weighted by atomic mass is 9.86. The zero-order valence-corrected chi connectivity index (χ0v) is 21.6. The van der Waals surface area contributed by atoms with Crippen molar-refractivity contribution in [2.24, 2.45) is 13.0 Å². The average molecular weight is 520 g/mol. The van der Waals surface area contributed by atoms with Crippen LogP contribution in [0, 0.1) is 18.7 Å². The molecule has 0 radical (unpaired) electrons. The Morgan fingerprint density at radius 2 is 2.00 bits per heavy atom. The topological polar surface area (TPSA) is 84.1 Å². The first-order valence-electron chi connectivity index (χ1n) is 12.2. The molecule has 10 heteroatoms. The average Bonchev–Trinajstić information content (AvgIpc) is 3.55. The van der Waals surface area contributed by atoms with Crippen LogP contribution in [0.4, 0.5) is 4.39 Å². The molecule has 0 saturated carbocycles. The number of nitrogens with zero attached hydrogens (tertiary/aromatic N) is 5. The van der Waals surface area contributed by atoms with E-state index in [-0.39, 0.29) is 16.8 Å². The van der Waals surface area contributed by atoms with Crippen molar-refractivity contribution in [3.8, 4) is 11.3 Å². The zero-order chi connectivity index (χ0) is 25.7. The van der Waals surface area contributed by atoms with Gasteiger partial charge in [0, 0.05) is 32.0 Å². The number of thiophene rings is 1. The predicted molar refractivity (Wildman–Crippen MR) is 139 cm³/mol. The molecule has 0 N–H and O–H groups in total. The van der Waals surface area contributed by atoms with Gasteiger partial charge in [0.15, 0.2) is 10.7 Å². The van der Waals surface area contributed by atoms with Gasteiger partial charge in [-0.3, -0.25) is 4.98 Å². The Hall–Kier alpha value is -3.63. The molecule has 6 rings (SSSR count). The summed E-state index contributed by atoms with van der Waals surface area (Å²) in [5.74, 6) is -1.02. The van der Waals surface area contributed by atoms with Gasteiger partial charge in [-0.25, -0.2) is 13.9 Å². The second-order valence-electron chi connectivity index (χ2n) is 9.33. The molecule has 1 atom stereocenters. The van der Waals surface area contributed by atoms with E-state index < -0.39 is 11.8 Å². The fourth-order valence-electron chi connectivity index (χ4n) is 5.51. The number of hydrogen-bond donors (Lipinski definition) is 0. The number of ether oxygens (including phenoxy) is 2. The molecule has 1 aliphatic rings. The number of esters is 1. The van der Waals surface area contributed by atoms with E-state index >= 15 is 4.39 Å². The summed E-state index contributed by atoms with van der Waals surface area (Å²) >= 11 is 1.12. The highest BCUT2D eigenvalue weighted by atomic mass is 32.1. The van der Waals surface area contributed by atoms with Crippen LogP contribution >= 0.6 is 11.3 Å². The summed E-state index contributed by atoms with van der Waals surface area (Å²) in [6.45, 7) is 3.25. The lowest BCUT2D eigenvalue weighted by Crippen LogP contribution is -2.26. The van der Waals surface area contributed by atoms with E-state index in [0.29, 0.717) is 28.9 Å². The third-order valence-electron chi connectivity index (χ3n) is 7.19. The zero-order valence-electron chi connectivity index (χ0n) is 20.8. The molecule has 5 heterocycles. The van der Waals surface area contributed by atoms with Crippen molar-refractivity contribution >= 4 is 38.6 Å². The third kappa shape index (κ3) is 3.82. The standard InChI is InChI=1S/C27H26FN5O3S/c1-15-23(32(2)31-30-15)18-13-19-22(29-14-18)20-21(28)25(27(34)35-3)37-26(20)33(19)24(16-7-5-4-6-8-16)17-9-11-36-12-10-17/h4-8,13-14,17,24H,9-12H2,1-3H3/t24-/m1/s1. The normalized spacial score (nSPS) is 15.5. The monoisotopic (exact) mass is 519 g/mol. The van der Waals surface area contributed by atoms with Crippen molar-refractivity contribution in [1.82, 2.24) is 24.5 Å². The summed E-state index contributed by atoms with van der Waals surface area (Å²) in [5.41, 5.74) is 4.91. The van der Waals surface area contributed by atoms with Crippen LogP contribution in [0.5, 0.6) is 0 Å². The van der Waals surface area contributed by atoms with Crippen LogP contribution in [0.1, 0.15) is 39.8 Å². The van der Waals surface area contributed by atoms with Crippen molar-refractivity contribution in [3.05, 3.63) is 64.5 Å². The van der Waals surface area contributed by atoms with E-state index in [9.17, 15) is 4.79 Å². The minimum Gasteiger partial charge on any atom is -0.465 e. The van der Waals surface area contributed by atoms with E-state index in [2.05, 4.69) is 27.0 Å². The molecule has 5 aromatic rings. The largest absolute Gasteiger partial charge is 0.465 e. The fraction of sp³-hybridized carbons (Fsp3) is 0.333. The minimum atomic E-state index is -0.686. The number of hydrogen-bond acceptors (Lipinski definition) is 7. The Kier molecular flexibility index (Phi) is 6.00. The number of aromatic nitrogens is 5. The highest BCUT2D eigenvalue weighted by molar-refractivity contribution is 7.20. The van der Waals surface area contributed by atoms with Gasteiger partial charge in [0.2, 0.25) is 0 Å². The molecule has 4 aromatic heterocycles. The lowest BCUT2D eigenvalue weighted by molar-refractivity contribution is 0.0553. The predicted octanol–water partition coefficient (Wildman–Crippen LogP) is 5.30. The highest BCUT2D eigenvalue weighted by Crippen LogP contribution is 2.45. The van der Waals surface area contributed by atoms with Gasteiger partial charge in [-0.1, -0.05) is 35.5 Å². The number of rotatable bonds is 5. The van der Waals surface area contributed by atoms with E-state index in [1.165, 1.54) is 7.11 Å². The lowest BCUT2D eigenvalue weighted by Gasteiger charge is -2.32. The minimum absolute atomic E-state index is 0.0421. The number of pyridine rings is 1. The summed E-state index contributed by atoms with van der Waals surface area (Å²) in [6, 6.07) is 12.2. The van der Waals surface area contributed by atoms with Crippen LogP contribution in [0.3, 0.4) is 0 Å². The smallest absolute Gasteiger partial charge is 0.351 e. The summed E-state index contributed by atoms with van der Waals surface area (Å²) < 4.78 is 30.3. The molecule has 37 heavy (non-hydrogen) atoms. The van der Waals surface area contributed by atoms with Crippen LogP contribution < -0.4 is 0 Å². The summed E-state index contributed by atoms with van der Waals surface area (Å²) in [5, 5.41) is 8.69. The van der Waals surface area contributed by atoms with Crippen LogP contribution in [0.2, 0.25) is 0 Å². The Balaban J connectivity index is 1.69. The van der Waals surface area contributed by atoms with Gasteiger partial charge in [-0.05, 0) is 37.3 Å². The van der Waals surface area contributed by atoms with Crippen LogP contribution in [0.15, 0.2) is 42.6 Å². The van der Waals surface area contributed by atoms with Crippen LogP contribution in [-0.4, -0.2) is 50.8 Å². The maximum Gasteiger partial charge on any atom is 0.351 e. The number of aryl methyl sites for hydroxylation is 2. The first kappa shape index (κ1) is 23.7. The van der Waals surface area contributed by atoms with Gasteiger partial charge in [0.05, 0.1) is 41.0 Å². The molecule has 8 nitrogen and oxygen atoms in total. The second kappa shape index (κ2) is 9.35. The molecule has 0 amide bonds. The Morgan fingerprint density at radius 1 is 1.24 bits per heavy atom. The Labute approximate surface area is 216 Å². The van der Waals surface area contributed by atoms with Gasteiger partial charge >= 0.3 is 5.97 Å². The molecular weight excluding hydrogens is 493 g/mol. The summed E-state index contributed by atoms with van der Waals surface area (Å²) in [4.78, 5) is 17.8. The molecule has 0 aliphatic carbocycles. The quantitative estimate of drug-likeness (QED) is 0.293. The molecule has 190 valence electrons.